The van der Waals surface area contributed by atoms with E-state index in [1.54, 1.807) is 0 Å². The second-order valence-electron chi connectivity index (χ2n) is 13.2. The van der Waals surface area contributed by atoms with Crippen molar-refractivity contribution >= 4 is 48.1 Å². The first-order valence-corrected chi connectivity index (χ1v) is 16.9. The number of unbranched alkanes of at least 4 members (excludes halogenated alkanes) is 1. The van der Waals surface area contributed by atoms with Gasteiger partial charge in [0.25, 0.3) is 0 Å². The number of hydrogen-bond acceptors (Lipinski definition) is 8. The van der Waals surface area contributed by atoms with Crippen LogP contribution in [0.15, 0.2) is 48.5 Å². The number of carbonyl (C=O) groups excluding carboxylic acids is 2. The summed E-state index contributed by atoms with van der Waals surface area (Å²) >= 11 is 12.3. The summed E-state index contributed by atoms with van der Waals surface area (Å²) in [6.07, 6.45) is 2.99. The first-order valence-electron chi connectivity index (χ1n) is 16.2. The fraction of sp³-hybridized carbons (Fsp3) is 0.588. The molecule has 0 aliphatic carbocycles. The van der Waals surface area contributed by atoms with Crippen LogP contribution in [-0.4, -0.2) is 80.7 Å². The molecule has 0 spiro atoms. The van der Waals surface area contributed by atoms with E-state index in [0.29, 0.717) is 42.0 Å². The van der Waals surface area contributed by atoms with Crippen LogP contribution in [0.2, 0.25) is 16.4 Å². The monoisotopic (exact) mass is 675 g/mol. The van der Waals surface area contributed by atoms with Crippen molar-refractivity contribution in [1.29, 1.82) is 0 Å². The number of halogens is 2. The molecule has 2 aliphatic rings. The van der Waals surface area contributed by atoms with Gasteiger partial charge in [0.2, 0.25) is 0 Å². The Morgan fingerprint density at radius 1 is 0.913 bits per heavy atom. The normalized spacial score (nSPS) is 19.0. The minimum absolute atomic E-state index is 0.106. The summed E-state index contributed by atoms with van der Waals surface area (Å²) in [5, 5.41) is 4.03. The highest BCUT2D eigenvalue weighted by atomic mass is 35.5. The molecule has 1 unspecified atom stereocenters. The number of esters is 1. The number of amides is 1. The van der Waals surface area contributed by atoms with E-state index in [0.717, 1.165) is 50.4 Å². The van der Waals surface area contributed by atoms with Crippen LogP contribution in [0, 0.1) is 0 Å². The van der Waals surface area contributed by atoms with Crippen LogP contribution < -0.4 is 10.2 Å². The lowest BCUT2D eigenvalue weighted by atomic mass is 9.80. The molecule has 9 nitrogen and oxygen atoms in total. The molecule has 2 heterocycles. The summed E-state index contributed by atoms with van der Waals surface area (Å²) < 4.78 is 23.1. The fourth-order valence-electron chi connectivity index (χ4n) is 5.99. The topological polar surface area (TPSA) is 89.6 Å². The van der Waals surface area contributed by atoms with Crippen molar-refractivity contribution in [3.8, 4) is 0 Å². The SMILES string of the molecule is COC(=O)C(CCCCB1OC(C)(C)C(C)(C)O1)(CCCN1CCN(c2ccc(Cl)c(Cl)c2)CC1)NC(=O)OCc1ccccc1. The Hall–Kier alpha value is -2.50. The van der Waals surface area contributed by atoms with Gasteiger partial charge in [-0.15, -0.1) is 0 Å². The number of nitrogens with one attached hydrogen (secondary N) is 1. The van der Waals surface area contributed by atoms with Crippen LogP contribution in [0.5, 0.6) is 0 Å². The molecule has 1 N–H and O–H groups in total. The molecule has 2 fully saturated rings. The largest absolute Gasteiger partial charge is 0.467 e. The number of alkyl carbamates (subject to hydrolysis) is 1. The number of ether oxygens (including phenoxy) is 2. The van der Waals surface area contributed by atoms with Gasteiger partial charge in [-0.05, 0) is 83.6 Å². The van der Waals surface area contributed by atoms with Gasteiger partial charge in [-0.2, -0.15) is 0 Å². The van der Waals surface area contributed by atoms with Gasteiger partial charge in [-0.25, -0.2) is 9.59 Å². The van der Waals surface area contributed by atoms with E-state index in [1.165, 1.54) is 7.11 Å². The van der Waals surface area contributed by atoms with Crippen molar-refractivity contribution in [1.82, 2.24) is 10.2 Å². The first-order chi connectivity index (χ1) is 21.8. The number of hydrogen-bond donors (Lipinski definition) is 1. The zero-order valence-corrected chi connectivity index (χ0v) is 29.3. The van der Waals surface area contributed by atoms with E-state index in [4.69, 9.17) is 42.0 Å². The van der Waals surface area contributed by atoms with Gasteiger partial charge < -0.3 is 29.0 Å². The molecule has 46 heavy (non-hydrogen) atoms. The zero-order valence-electron chi connectivity index (χ0n) is 27.8. The molecule has 2 saturated heterocycles. The lowest BCUT2D eigenvalue weighted by molar-refractivity contribution is -0.149. The van der Waals surface area contributed by atoms with E-state index in [9.17, 15) is 9.59 Å². The van der Waals surface area contributed by atoms with Gasteiger partial charge in [0.05, 0.1) is 28.4 Å². The summed E-state index contributed by atoms with van der Waals surface area (Å²) in [7, 11) is 1.05. The molecular weight excluding hydrogens is 628 g/mol. The van der Waals surface area contributed by atoms with E-state index in [2.05, 4.69) is 15.1 Å². The number of anilines is 1. The highest BCUT2D eigenvalue weighted by molar-refractivity contribution is 6.45. The number of benzene rings is 2. The van der Waals surface area contributed by atoms with Gasteiger partial charge in [0, 0.05) is 31.9 Å². The molecule has 12 heteroatoms. The number of carbonyl (C=O) groups is 2. The number of rotatable bonds is 14. The number of methoxy groups -OCH3 is 1. The quantitative estimate of drug-likeness (QED) is 0.130. The maximum Gasteiger partial charge on any atom is 0.457 e. The van der Waals surface area contributed by atoms with Gasteiger partial charge in [-0.3, -0.25) is 4.90 Å². The molecule has 2 aromatic rings. The summed E-state index contributed by atoms with van der Waals surface area (Å²) in [6, 6.07) is 15.2. The molecule has 4 rings (SSSR count). The third-order valence-electron chi connectivity index (χ3n) is 9.44. The second kappa shape index (κ2) is 16.1. The molecule has 0 aromatic heterocycles. The van der Waals surface area contributed by atoms with Crippen molar-refractivity contribution in [2.24, 2.45) is 0 Å². The van der Waals surface area contributed by atoms with Gasteiger partial charge >= 0.3 is 19.2 Å². The van der Waals surface area contributed by atoms with E-state index < -0.39 is 28.8 Å². The average molecular weight is 676 g/mol. The van der Waals surface area contributed by atoms with Gasteiger partial charge in [-0.1, -0.05) is 66.4 Å². The Balaban J connectivity index is 1.35. The molecule has 0 bridgehead atoms. The van der Waals surface area contributed by atoms with Crippen LogP contribution >= 0.6 is 23.2 Å². The summed E-state index contributed by atoms with van der Waals surface area (Å²) in [5.74, 6) is -0.468. The van der Waals surface area contributed by atoms with Crippen LogP contribution in [0.1, 0.15) is 65.4 Å². The van der Waals surface area contributed by atoms with E-state index in [-0.39, 0.29) is 13.7 Å². The molecule has 1 amide bonds. The standard InChI is InChI=1S/C34H48BCl2N3O6/c1-32(2)33(3,4)46-35(45-32)18-10-9-16-34(30(41)43-5,38-31(42)44-25-26-12-7-6-8-13-26)17-11-19-39-20-22-40(23-21-39)27-14-15-28(36)29(37)24-27/h6-8,12-15,24H,9-11,16-23,25H2,1-5H3,(H,38,42). The summed E-state index contributed by atoms with van der Waals surface area (Å²) in [5.41, 5.74) is -0.1000. The third kappa shape index (κ3) is 9.54. The molecular formula is C34H48BCl2N3O6. The highest BCUT2D eigenvalue weighted by Crippen LogP contribution is 2.38. The average Bonchev–Trinajstić information content (AvgIpc) is 3.25. The zero-order chi connectivity index (χ0) is 33.4. The maximum absolute atomic E-state index is 13.4. The van der Waals surface area contributed by atoms with E-state index >= 15 is 0 Å². The summed E-state index contributed by atoms with van der Waals surface area (Å²) in [4.78, 5) is 31.2. The predicted octanol–water partition coefficient (Wildman–Crippen LogP) is 7.00. The Bertz CT molecular complexity index is 1290. The molecule has 0 radical (unpaired) electrons. The molecule has 252 valence electrons. The van der Waals surface area contributed by atoms with Crippen LogP contribution in [0.3, 0.4) is 0 Å². The van der Waals surface area contributed by atoms with Crippen LogP contribution in [0.4, 0.5) is 10.5 Å². The lowest BCUT2D eigenvalue weighted by Gasteiger charge is -2.37. The molecule has 1 atom stereocenters. The first kappa shape index (κ1) is 36.3. The molecule has 0 saturated carbocycles. The minimum Gasteiger partial charge on any atom is -0.467 e. The number of piperazine rings is 1. The third-order valence-corrected chi connectivity index (χ3v) is 10.2. The lowest BCUT2D eigenvalue weighted by Crippen LogP contribution is -2.55. The second-order valence-corrected chi connectivity index (χ2v) is 14.0. The minimum atomic E-state index is -1.22. The fourth-order valence-corrected chi connectivity index (χ4v) is 6.28. The van der Waals surface area contributed by atoms with Crippen molar-refractivity contribution in [3.05, 3.63) is 64.1 Å². The van der Waals surface area contributed by atoms with Gasteiger partial charge in [0.1, 0.15) is 12.1 Å². The van der Waals surface area contributed by atoms with E-state index in [1.807, 2.05) is 76.2 Å². The Labute approximate surface area is 284 Å². The van der Waals surface area contributed by atoms with Crippen molar-refractivity contribution in [2.75, 3.05) is 44.7 Å². The molecule has 2 aromatic carbocycles. The highest BCUT2D eigenvalue weighted by Gasteiger charge is 2.50. The van der Waals surface area contributed by atoms with Crippen LogP contribution in [-0.2, 0) is 30.2 Å². The Morgan fingerprint density at radius 3 is 2.20 bits per heavy atom. The van der Waals surface area contributed by atoms with Crippen molar-refractivity contribution in [2.45, 2.75) is 89.5 Å². The number of nitrogens with zero attached hydrogens (tertiary/aromatic N) is 2. The smallest absolute Gasteiger partial charge is 0.457 e. The summed E-state index contributed by atoms with van der Waals surface area (Å²) in [6.45, 7) is 12.5. The molecule has 2 aliphatic heterocycles. The Kier molecular flexibility index (Phi) is 12.7. The van der Waals surface area contributed by atoms with Crippen LogP contribution in [0.25, 0.3) is 0 Å². The van der Waals surface area contributed by atoms with Crippen molar-refractivity contribution in [3.63, 3.8) is 0 Å². The predicted molar refractivity (Wildman–Crippen MR) is 184 cm³/mol. The Morgan fingerprint density at radius 2 is 1.57 bits per heavy atom. The van der Waals surface area contributed by atoms with Crippen molar-refractivity contribution < 1.29 is 28.4 Å². The van der Waals surface area contributed by atoms with Gasteiger partial charge in [0.15, 0.2) is 0 Å². The maximum atomic E-state index is 13.4.